The maximum atomic E-state index is 5.81. The molecule has 4 heteroatoms. The highest BCUT2D eigenvalue weighted by Gasteiger charge is 2.15. The van der Waals surface area contributed by atoms with E-state index in [4.69, 9.17) is 23.2 Å². The average Bonchev–Trinajstić information content (AvgIpc) is 2.04. The number of halogens is 2. The number of nitrogens with one attached hydrogen (secondary N) is 1. The van der Waals surface area contributed by atoms with Gasteiger partial charge in [0.25, 0.3) is 0 Å². The van der Waals surface area contributed by atoms with E-state index >= 15 is 0 Å². The van der Waals surface area contributed by atoms with Gasteiger partial charge >= 0.3 is 0 Å². The summed E-state index contributed by atoms with van der Waals surface area (Å²) >= 11 is 11.3. The highest BCUT2D eigenvalue weighted by atomic mass is 35.5. The lowest BCUT2D eigenvalue weighted by molar-refractivity contribution is 0.225. The van der Waals surface area contributed by atoms with Gasteiger partial charge in [-0.25, -0.2) is 0 Å². The minimum Gasteiger partial charge on any atom is -0.312 e. The van der Waals surface area contributed by atoms with Gasteiger partial charge in [-0.2, -0.15) is 0 Å². The molecule has 1 aliphatic rings. The Bertz CT molecular complexity index is 170. The average molecular weight is 209 g/mol. The van der Waals surface area contributed by atoms with E-state index < -0.39 is 0 Å². The van der Waals surface area contributed by atoms with E-state index in [1.54, 1.807) is 0 Å². The van der Waals surface area contributed by atoms with Crippen molar-refractivity contribution in [2.75, 3.05) is 26.2 Å². The van der Waals surface area contributed by atoms with Gasteiger partial charge in [-0.1, -0.05) is 23.2 Å². The van der Waals surface area contributed by atoms with Crippen molar-refractivity contribution in [1.82, 2.24) is 10.2 Å². The van der Waals surface area contributed by atoms with Crippen LogP contribution in [-0.4, -0.2) is 37.1 Å². The number of hydrogen-bond donors (Lipinski definition) is 1. The highest BCUT2D eigenvalue weighted by molar-refractivity contribution is 6.36. The number of rotatable bonds is 2. The number of nitrogens with zero attached hydrogens (tertiary/aromatic N) is 1. The molecule has 0 saturated carbocycles. The van der Waals surface area contributed by atoms with E-state index in [-0.39, 0.29) is 0 Å². The number of hydrogen-bond acceptors (Lipinski definition) is 2. The Morgan fingerprint density at radius 3 is 3.08 bits per heavy atom. The molecule has 1 N–H and O–H groups in total. The first-order chi connectivity index (χ1) is 5.72. The maximum absolute atomic E-state index is 5.81. The van der Waals surface area contributed by atoms with Crippen molar-refractivity contribution < 1.29 is 0 Å². The van der Waals surface area contributed by atoms with Crippen LogP contribution in [0.3, 0.4) is 0 Å². The van der Waals surface area contributed by atoms with Crippen molar-refractivity contribution in [3.05, 3.63) is 10.6 Å². The molecule has 0 aromatic rings. The van der Waals surface area contributed by atoms with Gasteiger partial charge in [0.1, 0.15) is 0 Å². The third kappa shape index (κ3) is 3.31. The SMILES string of the molecule is CC1CN(CC(Cl)=CCl)CCN1. The molecule has 1 rings (SSSR count). The molecule has 0 bridgehead atoms. The van der Waals surface area contributed by atoms with Crippen molar-refractivity contribution in [3.63, 3.8) is 0 Å². The van der Waals surface area contributed by atoms with Crippen LogP contribution in [0.4, 0.5) is 0 Å². The molecule has 12 heavy (non-hydrogen) atoms. The van der Waals surface area contributed by atoms with Gasteiger partial charge in [-0.3, -0.25) is 4.90 Å². The molecule has 0 aromatic carbocycles. The van der Waals surface area contributed by atoms with Crippen molar-refractivity contribution in [2.24, 2.45) is 0 Å². The molecule has 1 fully saturated rings. The van der Waals surface area contributed by atoms with Gasteiger partial charge in [-0.15, -0.1) is 0 Å². The van der Waals surface area contributed by atoms with E-state index in [0.29, 0.717) is 11.1 Å². The van der Waals surface area contributed by atoms with E-state index in [1.165, 1.54) is 5.54 Å². The van der Waals surface area contributed by atoms with Crippen LogP contribution in [-0.2, 0) is 0 Å². The summed E-state index contributed by atoms with van der Waals surface area (Å²) in [4.78, 5) is 2.29. The minimum atomic E-state index is 0.554. The second kappa shape index (κ2) is 5.07. The first-order valence-corrected chi connectivity index (χ1v) is 4.94. The molecule has 0 aliphatic carbocycles. The monoisotopic (exact) mass is 208 g/mol. The summed E-state index contributed by atoms with van der Waals surface area (Å²) in [6.45, 7) is 6.07. The fraction of sp³-hybridized carbons (Fsp3) is 0.750. The third-order valence-corrected chi connectivity index (χ3v) is 2.55. The Balaban J connectivity index is 2.32. The van der Waals surface area contributed by atoms with E-state index in [2.05, 4.69) is 17.1 Å². The van der Waals surface area contributed by atoms with Gasteiger partial charge < -0.3 is 5.32 Å². The zero-order valence-electron chi connectivity index (χ0n) is 7.19. The van der Waals surface area contributed by atoms with Crippen molar-refractivity contribution in [1.29, 1.82) is 0 Å². The van der Waals surface area contributed by atoms with Gasteiger partial charge in [0.05, 0.1) is 0 Å². The minimum absolute atomic E-state index is 0.554. The van der Waals surface area contributed by atoms with Gasteiger partial charge in [-0.05, 0) is 6.92 Å². The lowest BCUT2D eigenvalue weighted by Crippen LogP contribution is -2.49. The summed E-state index contributed by atoms with van der Waals surface area (Å²) in [5.74, 6) is 0. The Morgan fingerprint density at radius 2 is 2.50 bits per heavy atom. The molecule has 1 aliphatic heterocycles. The molecule has 1 heterocycles. The molecule has 0 amide bonds. The zero-order chi connectivity index (χ0) is 8.97. The number of piperazine rings is 1. The molecule has 0 radical (unpaired) electrons. The summed E-state index contributed by atoms with van der Waals surface area (Å²) in [5, 5.41) is 4.08. The maximum Gasteiger partial charge on any atom is 0.0434 e. The van der Waals surface area contributed by atoms with Crippen molar-refractivity contribution in [3.8, 4) is 0 Å². The quantitative estimate of drug-likeness (QED) is 0.743. The molecular formula is C8H14Cl2N2. The Morgan fingerprint density at radius 1 is 1.75 bits per heavy atom. The molecule has 0 spiro atoms. The lowest BCUT2D eigenvalue weighted by atomic mass is 10.2. The van der Waals surface area contributed by atoms with Crippen LogP contribution in [0, 0.1) is 0 Å². The van der Waals surface area contributed by atoms with Gasteiger partial charge in [0, 0.05) is 42.8 Å². The van der Waals surface area contributed by atoms with Crippen LogP contribution in [0.2, 0.25) is 0 Å². The normalized spacial score (nSPS) is 27.6. The summed E-state index contributed by atoms with van der Waals surface area (Å²) in [6.07, 6.45) is 0. The predicted octanol–water partition coefficient (Wildman–Crippen LogP) is 1.60. The first-order valence-electron chi connectivity index (χ1n) is 4.13. The third-order valence-electron chi connectivity index (χ3n) is 1.95. The van der Waals surface area contributed by atoms with Crippen LogP contribution in [0.5, 0.6) is 0 Å². The van der Waals surface area contributed by atoms with Crippen molar-refractivity contribution >= 4 is 23.2 Å². The van der Waals surface area contributed by atoms with E-state index in [1.807, 2.05) is 0 Å². The fourth-order valence-electron chi connectivity index (χ4n) is 1.40. The molecule has 70 valence electrons. The summed E-state index contributed by atoms with van der Waals surface area (Å²) in [7, 11) is 0. The summed E-state index contributed by atoms with van der Waals surface area (Å²) < 4.78 is 0. The molecule has 1 unspecified atom stereocenters. The van der Waals surface area contributed by atoms with E-state index in [9.17, 15) is 0 Å². The lowest BCUT2D eigenvalue weighted by Gasteiger charge is -2.31. The van der Waals surface area contributed by atoms with Crippen LogP contribution in [0.25, 0.3) is 0 Å². The van der Waals surface area contributed by atoms with Gasteiger partial charge in [0.15, 0.2) is 0 Å². The summed E-state index contributed by atoms with van der Waals surface area (Å²) in [5.41, 5.74) is 1.44. The van der Waals surface area contributed by atoms with Crippen molar-refractivity contribution in [2.45, 2.75) is 13.0 Å². The largest absolute Gasteiger partial charge is 0.312 e. The molecule has 2 nitrogen and oxygen atoms in total. The molecular weight excluding hydrogens is 195 g/mol. The molecule has 1 atom stereocenters. The molecule has 0 aromatic heterocycles. The standard InChI is InChI=1S/C8H14Cl2N2/c1-7-5-12(3-2-11-7)6-8(10)4-9/h4,7,11H,2-3,5-6H2,1H3. The zero-order valence-corrected chi connectivity index (χ0v) is 8.70. The van der Waals surface area contributed by atoms with Gasteiger partial charge in [0.2, 0.25) is 0 Å². The first kappa shape index (κ1) is 10.3. The summed E-state index contributed by atoms with van der Waals surface area (Å²) in [6, 6.07) is 0.554. The smallest absolute Gasteiger partial charge is 0.0434 e. The Labute approximate surface area is 83.5 Å². The fourth-order valence-corrected chi connectivity index (χ4v) is 1.64. The van der Waals surface area contributed by atoms with Crippen LogP contribution in [0.15, 0.2) is 10.6 Å². The predicted molar refractivity (Wildman–Crippen MR) is 53.7 cm³/mol. The highest BCUT2D eigenvalue weighted by Crippen LogP contribution is 2.08. The topological polar surface area (TPSA) is 15.3 Å². The van der Waals surface area contributed by atoms with E-state index in [0.717, 1.165) is 26.2 Å². The second-order valence-electron chi connectivity index (χ2n) is 3.15. The Kier molecular flexibility index (Phi) is 4.36. The van der Waals surface area contributed by atoms with Crippen LogP contribution < -0.4 is 5.32 Å². The molecule has 1 saturated heterocycles. The van der Waals surface area contributed by atoms with Crippen LogP contribution in [0.1, 0.15) is 6.92 Å². The second-order valence-corrected chi connectivity index (χ2v) is 3.85. The Hall–Kier alpha value is 0.240. The van der Waals surface area contributed by atoms with Crippen LogP contribution >= 0.6 is 23.2 Å².